The van der Waals surface area contributed by atoms with Gasteiger partial charge in [0, 0.05) is 12.0 Å². The predicted molar refractivity (Wildman–Crippen MR) is 46.9 cm³/mol. The number of rotatable bonds is 3. The molecule has 0 aromatic heterocycles. The molecule has 15 heavy (non-hydrogen) atoms. The second-order valence-corrected chi connectivity index (χ2v) is 2.81. The molecule has 0 aliphatic rings. The van der Waals surface area contributed by atoms with Gasteiger partial charge >= 0.3 is 0 Å². The Morgan fingerprint density at radius 2 is 2.00 bits per heavy atom. The van der Waals surface area contributed by atoms with Crippen LogP contribution in [-0.4, -0.2) is 4.92 Å². The van der Waals surface area contributed by atoms with Crippen LogP contribution in [0.4, 0.5) is 14.5 Å². The van der Waals surface area contributed by atoms with Crippen LogP contribution in [0, 0.1) is 33.1 Å². The molecule has 0 bridgehead atoms. The summed E-state index contributed by atoms with van der Waals surface area (Å²) in [6.45, 7) is 0. The number of hydrogen-bond acceptors (Lipinski definition) is 3. The van der Waals surface area contributed by atoms with Crippen LogP contribution in [0.3, 0.4) is 0 Å². The Morgan fingerprint density at radius 3 is 2.53 bits per heavy atom. The van der Waals surface area contributed by atoms with Gasteiger partial charge in [-0.1, -0.05) is 0 Å². The van der Waals surface area contributed by atoms with Crippen molar-refractivity contribution in [1.82, 2.24) is 0 Å². The third-order valence-electron chi connectivity index (χ3n) is 1.82. The molecule has 0 fully saturated rings. The molecule has 6 heteroatoms. The molecule has 0 atom stereocenters. The maximum Gasteiger partial charge on any atom is 0.275 e. The van der Waals surface area contributed by atoms with Gasteiger partial charge in [-0.15, -0.1) is 0 Å². The number of nitrogens with zero attached hydrogens (tertiary/aromatic N) is 2. The Bertz CT molecular complexity index is 440. The average molecular weight is 212 g/mol. The number of nitro benzene ring substituents is 1. The molecule has 0 spiro atoms. The summed E-state index contributed by atoms with van der Waals surface area (Å²) >= 11 is 0. The first kappa shape index (κ1) is 11.0. The summed E-state index contributed by atoms with van der Waals surface area (Å²) in [4.78, 5) is 9.69. The summed E-state index contributed by atoms with van der Waals surface area (Å²) in [5, 5.41) is 18.8. The monoisotopic (exact) mass is 212 g/mol. The molecular formula is C9H6F2N2O2. The maximum atomic E-state index is 12.8. The number of halogens is 2. The van der Waals surface area contributed by atoms with Crippen LogP contribution in [0.25, 0.3) is 0 Å². The summed E-state index contributed by atoms with van der Waals surface area (Å²) in [5.41, 5.74) is -0.468. The van der Waals surface area contributed by atoms with Crippen molar-refractivity contribution in [2.75, 3.05) is 0 Å². The van der Waals surface area contributed by atoms with Gasteiger partial charge in [0.25, 0.3) is 5.69 Å². The second kappa shape index (κ2) is 4.46. The third-order valence-corrected chi connectivity index (χ3v) is 1.82. The van der Waals surface area contributed by atoms with E-state index in [1.54, 1.807) is 6.07 Å². The molecule has 0 heterocycles. The molecule has 1 aromatic carbocycles. The Balaban J connectivity index is 3.17. The van der Waals surface area contributed by atoms with Crippen molar-refractivity contribution in [2.45, 2.75) is 12.8 Å². The molecule has 1 rings (SSSR count). The van der Waals surface area contributed by atoms with Crippen molar-refractivity contribution in [3.63, 3.8) is 0 Å². The normalized spacial score (nSPS) is 9.67. The van der Waals surface area contributed by atoms with E-state index in [0.717, 1.165) is 6.07 Å². The second-order valence-electron chi connectivity index (χ2n) is 2.81. The summed E-state index contributed by atoms with van der Waals surface area (Å²) < 4.78 is 25.5. The first-order valence-electron chi connectivity index (χ1n) is 4.05. The number of aryl methyl sites for hydroxylation is 1. The summed E-state index contributed by atoms with van der Waals surface area (Å²) in [6, 6.07) is 3.06. The van der Waals surface area contributed by atoms with Crippen molar-refractivity contribution in [3.05, 3.63) is 39.4 Å². The van der Waals surface area contributed by atoms with Crippen molar-refractivity contribution in [1.29, 1.82) is 5.26 Å². The van der Waals surface area contributed by atoms with Crippen LogP contribution in [0.1, 0.15) is 12.0 Å². The molecule has 1 aromatic rings. The topological polar surface area (TPSA) is 66.9 Å². The zero-order valence-corrected chi connectivity index (χ0v) is 7.54. The highest BCUT2D eigenvalue weighted by Crippen LogP contribution is 2.23. The minimum Gasteiger partial charge on any atom is -0.258 e. The fraction of sp³-hybridized carbons (Fsp3) is 0.222. The quantitative estimate of drug-likeness (QED) is 0.570. The number of nitro groups is 1. The van der Waals surface area contributed by atoms with Gasteiger partial charge < -0.3 is 0 Å². The fourth-order valence-electron chi connectivity index (χ4n) is 1.14. The average Bonchev–Trinajstić information content (AvgIpc) is 2.19. The van der Waals surface area contributed by atoms with E-state index < -0.39 is 22.2 Å². The molecule has 0 N–H and O–H groups in total. The standard InChI is InChI=1S/C9H6F2N2O2/c10-7-4-6(2-1-3-12)9(13(14)15)5-8(7)11/h4-5H,1-2H2. The number of benzene rings is 1. The number of hydrogen-bond donors (Lipinski definition) is 0. The first-order chi connectivity index (χ1) is 7.06. The van der Waals surface area contributed by atoms with Gasteiger partial charge in [0.1, 0.15) is 0 Å². The van der Waals surface area contributed by atoms with Gasteiger partial charge in [-0.25, -0.2) is 8.78 Å². The largest absolute Gasteiger partial charge is 0.275 e. The van der Waals surface area contributed by atoms with Crippen molar-refractivity contribution < 1.29 is 13.7 Å². The highest BCUT2D eigenvalue weighted by Gasteiger charge is 2.17. The summed E-state index contributed by atoms with van der Waals surface area (Å²) in [6.07, 6.45) is 0.0515. The first-order valence-corrected chi connectivity index (χ1v) is 4.05. The fourth-order valence-corrected chi connectivity index (χ4v) is 1.14. The minimum atomic E-state index is -1.26. The Labute approximate surface area is 83.9 Å². The molecule has 0 radical (unpaired) electrons. The van der Waals surface area contributed by atoms with Crippen molar-refractivity contribution in [3.8, 4) is 6.07 Å². The minimum absolute atomic E-state index is 0.0198. The Morgan fingerprint density at radius 1 is 1.40 bits per heavy atom. The smallest absolute Gasteiger partial charge is 0.258 e. The zero-order valence-electron chi connectivity index (χ0n) is 7.54. The lowest BCUT2D eigenvalue weighted by Crippen LogP contribution is -1.98. The molecule has 0 saturated heterocycles. The molecule has 0 amide bonds. The number of nitriles is 1. The van der Waals surface area contributed by atoms with Crippen molar-refractivity contribution in [2.24, 2.45) is 0 Å². The summed E-state index contributed by atoms with van der Waals surface area (Å²) in [7, 11) is 0. The predicted octanol–water partition coefficient (Wildman–Crippen LogP) is 2.33. The van der Waals surface area contributed by atoms with E-state index in [-0.39, 0.29) is 18.4 Å². The van der Waals surface area contributed by atoms with Gasteiger partial charge in [-0.3, -0.25) is 10.1 Å². The van der Waals surface area contributed by atoms with E-state index in [1.165, 1.54) is 0 Å². The molecule has 78 valence electrons. The van der Waals surface area contributed by atoms with Crippen molar-refractivity contribution >= 4 is 5.69 Å². The van der Waals surface area contributed by atoms with E-state index in [9.17, 15) is 18.9 Å². The van der Waals surface area contributed by atoms with Gasteiger partial charge in [0.2, 0.25) is 0 Å². The van der Waals surface area contributed by atoms with E-state index in [0.29, 0.717) is 6.07 Å². The molecule has 0 aliphatic carbocycles. The molecular weight excluding hydrogens is 206 g/mol. The van der Waals surface area contributed by atoms with Gasteiger partial charge in [-0.2, -0.15) is 5.26 Å². The van der Waals surface area contributed by atoms with Crippen LogP contribution >= 0.6 is 0 Å². The van der Waals surface area contributed by atoms with E-state index >= 15 is 0 Å². The van der Waals surface area contributed by atoms with Crippen LogP contribution in [0.15, 0.2) is 12.1 Å². The lowest BCUT2D eigenvalue weighted by molar-refractivity contribution is -0.385. The lowest BCUT2D eigenvalue weighted by atomic mass is 10.1. The van der Waals surface area contributed by atoms with Crippen LogP contribution in [0.2, 0.25) is 0 Å². The van der Waals surface area contributed by atoms with Crippen LogP contribution in [0.5, 0.6) is 0 Å². The van der Waals surface area contributed by atoms with Crippen LogP contribution < -0.4 is 0 Å². The third kappa shape index (κ3) is 2.47. The molecule has 0 aliphatic heterocycles. The van der Waals surface area contributed by atoms with E-state index in [2.05, 4.69) is 0 Å². The van der Waals surface area contributed by atoms with Crippen LogP contribution in [-0.2, 0) is 6.42 Å². The molecule has 0 unspecified atom stereocenters. The summed E-state index contributed by atoms with van der Waals surface area (Å²) in [5.74, 6) is -2.41. The van der Waals surface area contributed by atoms with Gasteiger partial charge in [-0.05, 0) is 12.5 Å². The zero-order chi connectivity index (χ0) is 11.4. The Hall–Kier alpha value is -2.03. The Kier molecular flexibility index (Phi) is 3.29. The molecule has 4 nitrogen and oxygen atoms in total. The SMILES string of the molecule is N#CCCc1cc(F)c(F)cc1[N+](=O)[O-]. The van der Waals surface area contributed by atoms with E-state index in [4.69, 9.17) is 5.26 Å². The van der Waals surface area contributed by atoms with Gasteiger partial charge in [0.05, 0.1) is 17.1 Å². The highest BCUT2D eigenvalue weighted by atomic mass is 19.2. The molecule has 0 saturated carbocycles. The lowest BCUT2D eigenvalue weighted by Gasteiger charge is -2.01. The van der Waals surface area contributed by atoms with E-state index in [1.807, 2.05) is 0 Å². The van der Waals surface area contributed by atoms with Gasteiger partial charge in [0.15, 0.2) is 11.6 Å². The highest BCUT2D eigenvalue weighted by molar-refractivity contribution is 5.41. The maximum absolute atomic E-state index is 12.8.